The number of hydrogen-bond donors (Lipinski definition) is 2. The molecule has 0 radical (unpaired) electrons. The largest absolute Gasteiger partial charge is 0.479 e. The van der Waals surface area contributed by atoms with Crippen LogP contribution in [0.25, 0.3) is 0 Å². The molecule has 0 unspecified atom stereocenters. The highest BCUT2D eigenvalue weighted by Crippen LogP contribution is 2.35. The van der Waals surface area contributed by atoms with Crippen molar-refractivity contribution < 1.29 is 9.90 Å². The smallest absolute Gasteiger partial charge is 0.330 e. The first kappa shape index (κ1) is 16.6. The van der Waals surface area contributed by atoms with Crippen molar-refractivity contribution in [2.75, 3.05) is 5.32 Å². The average molecular weight is 323 g/mol. The first-order valence-corrected chi connectivity index (χ1v) is 8.58. The fraction of sp³-hybridized carbons (Fsp3) is 0.381. The van der Waals surface area contributed by atoms with E-state index in [0.717, 1.165) is 23.2 Å². The lowest BCUT2D eigenvalue weighted by Crippen LogP contribution is -2.47. The Balaban J connectivity index is 1.97. The summed E-state index contributed by atoms with van der Waals surface area (Å²) in [4.78, 5) is 12.2. The van der Waals surface area contributed by atoms with Gasteiger partial charge in [0.15, 0.2) is 0 Å². The van der Waals surface area contributed by atoms with Gasteiger partial charge in [0, 0.05) is 18.5 Å². The monoisotopic (exact) mass is 323 g/mol. The van der Waals surface area contributed by atoms with Crippen molar-refractivity contribution in [3.05, 3.63) is 64.7 Å². The molecule has 0 bridgehead atoms. The molecule has 0 heterocycles. The maximum Gasteiger partial charge on any atom is 0.330 e. The van der Waals surface area contributed by atoms with Crippen LogP contribution >= 0.6 is 0 Å². The van der Waals surface area contributed by atoms with Gasteiger partial charge >= 0.3 is 5.97 Å². The number of aryl methyl sites for hydroxylation is 1. The number of aliphatic carboxylic acids is 1. The molecule has 0 aliphatic heterocycles. The summed E-state index contributed by atoms with van der Waals surface area (Å²) < 4.78 is 0. The van der Waals surface area contributed by atoms with E-state index in [0.29, 0.717) is 18.8 Å². The van der Waals surface area contributed by atoms with Gasteiger partial charge in [-0.1, -0.05) is 50.2 Å². The number of nitrogens with one attached hydrogen (secondary N) is 1. The number of carboxylic acids is 1. The van der Waals surface area contributed by atoms with Gasteiger partial charge in [0.25, 0.3) is 0 Å². The Hall–Kier alpha value is -2.29. The van der Waals surface area contributed by atoms with E-state index in [1.807, 2.05) is 36.4 Å². The highest BCUT2D eigenvalue weighted by atomic mass is 16.4. The number of anilines is 1. The first-order valence-electron chi connectivity index (χ1n) is 8.58. The Morgan fingerprint density at radius 1 is 1.12 bits per heavy atom. The molecule has 0 aromatic heterocycles. The summed E-state index contributed by atoms with van der Waals surface area (Å²) in [5, 5.41) is 13.4. The Morgan fingerprint density at radius 3 is 2.29 bits per heavy atom. The van der Waals surface area contributed by atoms with Crippen molar-refractivity contribution in [3.63, 3.8) is 0 Å². The molecule has 0 amide bonds. The SMILES string of the molecule is Cc1cccc(NC2(C(=O)O)Cc3ccccc3C2)c1CC(C)C. The van der Waals surface area contributed by atoms with Crippen LogP contribution in [0.2, 0.25) is 0 Å². The zero-order valence-corrected chi connectivity index (χ0v) is 14.6. The van der Waals surface area contributed by atoms with Crippen LogP contribution in [0.4, 0.5) is 5.69 Å². The van der Waals surface area contributed by atoms with Gasteiger partial charge in [0.2, 0.25) is 0 Å². The van der Waals surface area contributed by atoms with Gasteiger partial charge in [-0.3, -0.25) is 0 Å². The molecule has 0 saturated heterocycles. The van der Waals surface area contributed by atoms with Crippen LogP contribution in [0.3, 0.4) is 0 Å². The Kier molecular flexibility index (Phi) is 4.35. The van der Waals surface area contributed by atoms with Gasteiger partial charge in [-0.05, 0) is 47.6 Å². The molecule has 0 saturated carbocycles. The molecule has 3 nitrogen and oxygen atoms in total. The van der Waals surface area contributed by atoms with Gasteiger partial charge in [-0.25, -0.2) is 4.79 Å². The number of carboxylic acid groups (broad SMARTS) is 1. The fourth-order valence-electron chi connectivity index (χ4n) is 3.66. The third-order valence-electron chi connectivity index (χ3n) is 4.91. The fourth-order valence-corrected chi connectivity index (χ4v) is 3.66. The summed E-state index contributed by atoms with van der Waals surface area (Å²) in [7, 11) is 0. The number of fused-ring (bicyclic) bond motifs is 1. The van der Waals surface area contributed by atoms with Crippen LogP contribution in [-0.2, 0) is 24.1 Å². The topological polar surface area (TPSA) is 49.3 Å². The molecule has 2 aromatic carbocycles. The van der Waals surface area contributed by atoms with Gasteiger partial charge in [-0.15, -0.1) is 0 Å². The highest BCUT2D eigenvalue weighted by Gasteiger charge is 2.44. The molecule has 1 aliphatic carbocycles. The summed E-state index contributed by atoms with van der Waals surface area (Å²) in [6.45, 7) is 6.48. The minimum atomic E-state index is -0.955. The normalized spacial score (nSPS) is 15.3. The standard InChI is InChI=1S/C21H25NO2/c1-14(2)11-18-15(3)7-6-10-19(18)22-21(20(23)24)12-16-8-4-5-9-17(16)13-21/h4-10,14,22H,11-13H2,1-3H3,(H,23,24). The van der Waals surface area contributed by atoms with E-state index < -0.39 is 11.5 Å². The van der Waals surface area contributed by atoms with Crippen LogP contribution in [-0.4, -0.2) is 16.6 Å². The quantitative estimate of drug-likeness (QED) is 0.866. The molecule has 2 N–H and O–H groups in total. The zero-order chi connectivity index (χ0) is 17.3. The third-order valence-corrected chi connectivity index (χ3v) is 4.91. The van der Waals surface area contributed by atoms with Crippen LogP contribution < -0.4 is 5.32 Å². The van der Waals surface area contributed by atoms with Crippen molar-refractivity contribution in [1.29, 1.82) is 0 Å². The second-order valence-corrected chi connectivity index (χ2v) is 7.33. The maximum atomic E-state index is 12.2. The van der Waals surface area contributed by atoms with Gasteiger partial charge in [0.05, 0.1) is 0 Å². The summed E-state index contributed by atoms with van der Waals surface area (Å²) in [6, 6.07) is 14.1. The first-order chi connectivity index (χ1) is 11.4. The Morgan fingerprint density at radius 2 is 1.75 bits per heavy atom. The average Bonchev–Trinajstić information content (AvgIpc) is 2.90. The molecule has 0 fully saturated rings. The molecule has 126 valence electrons. The summed E-state index contributed by atoms with van der Waals surface area (Å²) in [5.74, 6) is -0.260. The van der Waals surface area contributed by atoms with Crippen molar-refractivity contribution in [2.24, 2.45) is 5.92 Å². The number of rotatable bonds is 5. The van der Waals surface area contributed by atoms with Crippen molar-refractivity contribution in [3.8, 4) is 0 Å². The molecular formula is C21H25NO2. The summed E-state index contributed by atoms with van der Waals surface area (Å²) >= 11 is 0. The molecule has 0 spiro atoms. The molecule has 1 aliphatic rings. The third kappa shape index (κ3) is 3.03. The lowest BCUT2D eigenvalue weighted by atomic mass is 9.92. The Bertz CT molecular complexity index is 739. The van der Waals surface area contributed by atoms with Crippen LogP contribution in [0.1, 0.15) is 36.1 Å². The molecule has 2 aromatic rings. The number of benzene rings is 2. The van der Waals surface area contributed by atoms with E-state index in [-0.39, 0.29) is 0 Å². The second-order valence-electron chi connectivity index (χ2n) is 7.33. The molecule has 24 heavy (non-hydrogen) atoms. The van der Waals surface area contributed by atoms with Crippen LogP contribution in [0, 0.1) is 12.8 Å². The predicted molar refractivity (Wildman–Crippen MR) is 97.6 cm³/mol. The zero-order valence-electron chi connectivity index (χ0n) is 14.6. The molecule has 0 atom stereocenters. The van der Waals surface area contributed by atoms with E-state index in [1.54, 1.807) is 0 Å². The Labute approximate surface area is 143 Å². The van der Waals surface area contributed by atoms with Crippen LogP contribution in [0.5, 0.6) is 0 Å². The number of carbonyl (C=O) groups is 1. The minimum Gasteiger partial charge on any atom is -0.479 e. The van der Waals surface area contributed by atoms with E-state index >= 15 is 0 Å². The molecular weight excluding hydrogens is 298 g/mol. The van der Waals surface area contributed by atoms with E-state index in [1.165, 1.54) is 11.1 Å². The minimum absolute atomic E-state index is 0.521. The van der Waals surface area contributed by atoms with Gasteiger partial charge in [0.1, 0.15) is 5.54 Å². The van der Waals surface area contributed by atoms with Gasteiger partial charge in [-0.2, -0.15) is 0 Å². The lowest BCUT2D eigenvalue weighted by molar-refractivity contribution is -0.142. The van der Waals surface area contributed by atoms with Crippen molar-refractivity contribution in [1.82, 2.24) is 0 Å². The summed E-state index contributed by atoms with van der Waals surface area (Å²) in [5.41, 5.74) is 4.70. The second kappa shape index (κ2) is 6.31. The maximum absolute atomic E-state index is 12.2. The van der Waals surface area contributed by atoms with E-state index in [2.05, 4.69) is 32.2 Å². The lowest BCUT2D eigenvalue weighted by Gasteiger charge is -2.29. The van der Waals surface area contributed by atoms with Gasteiger partial charge < -0.3 is 10.4 Å². The van der Waals surface area contributed by atoms with E-state index in [4.69, 9.17) is 0 Å². The molecule has 3 rings (SSSR count). The van der Waals surface area contributed by atoms with Crippen LogP contribution in [0.15, 0.2) is 42.5 Å². The highest BCUT2D eigenvalue weighted by molar-refractivity contribution is 5.85. The predicted octanol–water partition coefficient (Wildman–Crippen LogP) is 4.23. The molecule has 3 heteroatoms. The van der Waals surface area contributed by atoms with Crippen molar-refractivity contribution in [2.45, 2.75) is 45.6 Å². The van der Waals surface area contributed by atoms with E-state index in [9.17, 15) is 9.90 Å². The number of hydrogen-bond acceptors (Lipinski definition) is 2. The summed E-state index contributed by atoms with van der Waals surface area (Å²) in [6.07, 6.45) is 1.98. The van der Waals surface area contributed by atoms with Crippen molar-refractivity contribution >= 4 is 11.7 Å².